The highest BCUT2D eigenvalue weighted by Crippen LogP contribution is 2.45. The van der Waals surface area contributed by atoms with E-state index in [1.54, 1.807) is 0 Å². The Morgan fingerprint density at radius 1 is 0.333 bits per heavy atom. The van der Waals surface area contributed by atoms with Crippen molar-refractivity contribution in [1.29, 1.82) is 0 Å². The average Bonchev–Trinajstić information content (AvgIpc) is 3.63. The van der Waals surface area contributed by atoms with Gasteiger partial charge in [-0.05, 0) is 103 Å². The number of rotatable bonds is 62. The molecular formula is C69H118O16P2. The van der Waals surface area contributed by atoms with Crippen molar-refractivity contribution in [3.8, 4) is 0 Å². The molecule has 0 rings (SSSR count). The maximum Gasteiger partial charge on any atom is 0.472 e. The number of esters is 3. The Labute approximate surface area is 526 Å². The van der Waals surface area contributed by atoms with E-state index < -0.39 is 91.5 Å². The highest BCUT2D eigenvalue weighted by Gasteiger charge is 2.29. The van der Waals surface area contributed by atoms with Gasteiger partial charge >= 0.3 is 33.6 Å². The van der Waals surface area contributed by atoms with Crippen LogP contribution >= 0.6 is 15.6 Å². The lowest BCUT2D eigenvalue weighted by atomic mass is 10.0. The summed E-state index contributed by atoms with van der Waals surface area (Å²) in [6, 6.07) is 0. The lowest BCUT2D eigenvalue weighted by molar-refractivity contribution is -0.161. The predicted molar refractivity (Wildman–Crippen MR) is 353 cm³/mol. The fraction of sp³-hybridized carbons (Fsp3) is 0.696. The average molecular weight is 1270 g/mol. The van der Waals surface area contributed by atoms with Crippen molar-refractivity contribution in [1.82, 2.24) is 0 Å². The van der Waals surface area contributed by atoms with Gasteiger partial charge in [0.15, 0.2) is 6.10 Å². The first-order chi connectivity index (χ1) is 42.2. The van der Waals surface area contributed by atoms with E-state index in [4.69, 9.17) is 32.3 Å². The highest BCUT2D eigenvalue weighted by atomic mass is 31.2. The molecule has 500 valence electrons. The smallest absolute Gasteiger partial charge is 0.463 e. The summed E-state index contributed by atoms with van der Waals surface area (Å²) in [5.41, 5.74) is 0. The van der Waals surface area contributed by atoms with E-state index in [1.165, 1.54) is 51.4 Å². The van der Waals surface area contributed by atoms with E-state index in [-0.39, 0.29) is 19.3 Å². The summed E-state index contributed by atoms with van der Waals surface area (Å²) in [5.74, 6) is -1.62. The summed E-state index contributed by atoms with van der Waals surface area (Å²) in [6.45, 7) is 2.38. The number of unbranched alkanes of at least 4 members (excludes halogenated alkanes) is 21. The number of hydrogen-bond acceptors (Lipinski definition) is 14. The first-order valence-electron chi connectivity index (χ1n) is 33.2. The maximum absolute atomic E-state index is 12.9. The number of aliphatic hydroxyl groups is 2. The second kappa shape index (κ2) is 62.4. The summed E-state index contributed by atoms with van der Waals surface area (Å²) >= 11 is 0. The summed E-state index contributed by atoms with van der Waals surface area (Å²) in [4.78, 5) is 58.3. The van der Waals surface area contributed by atoms with Gasteiger partial charge in [0.05, 0.1) is 26.4 Å². The Morgan fingerprint density at radius 2 is 0.609 bits per heavy atom. The molecular weight excluding hydrogens is 1150 g/mol. The molecule has 0 saturated heterocycles. The Hall–Kier alpha value is -3.79. The molecule has 0 aliphatic rings. The van der Waals surface area contributed by atoms with Crippen LogP contribution in [0, 0.1) is 0 Å². The van der Waals surface area contributed by atoms with Crippen LogP contribution in [0.15, 0.2) is 109 Å². The largest absolute Gasteiger partial charge is 0.472 e. The van der Waals surface area contributed by atoms with Crippen LogP contribution in [0.1, 0.15) is 252 Å². The van der Waals surface area contributed by atoms with Crippen LogP contribution in [0.4, 0.5) is 0 Å². The highest BCUT2D eigenvalue weighted by molar-refractivity contribution is 7.47. The Morgan fingerprint density at radius 3 is 0.977 bits per heavy atom. The molecule has 0 heterocycles. The van der Waals surface area contributed by atoms with Crippen LogP contribution in [0.3, 0.4) is 0 Å². The molecule has 4 N–H and O–H groups in total. The molecule has 87 heavy (non-hydrogen) atoms. The van der Waals surface area contributed by atoms with Gasteiger partial charge in [-0.3, -0.25) is 32.5 Å². The molecule has 0 fully saturated rings. The monoisotopic (exact) mass is 1260 g/mol. The lowest BCUT2D eigenvalue weighted by Gasteiger charge is -2.21. The van der Waals surface area contributed by atoms with Gasteiger partial charge in [-0.2, -0.15) is 0 Å². The molecule has 0 aliphatic carbocycles. The zero-order valence-corrected chi connectivity index (χ0v) is 55.7. The zero-order chi connectivity index (χ0) is 63.8. The third-order valence-electron chi connectivity index (χ3n) is 13.5. The second-order valence-electron chi connectivity index (χ2n) is 21.9. The number of ether oxygens (including phenoxy) is 3. The summed E-state index contributed by atoms with van der Waals surface area (Å²) in [6.07, 6.45) is 68.5. The van der Waals surface area contributed by atoms with Crippen molar-refractivity contribution < 1.29 is 75.8 Å². The van der Waals surface area contributed by atoms with Gasteiger partial charge in [-0.1, -0.05) is 239 Å². The van der Waals surface area contributed by atoms with Gasteiger partial charge in [0.2, 0.25) is 0 Å². The second-order valence-corrected chi connectivity index (χ2v) is 24.8. The number of hydrogen-bond donors (Lipinski definition) is 4. The first kappa shape index (κ1) is 83.2. The Bertz CT molecular complexity index is 2030. The fourth-order valence-corrected chi connectivity index (χ4v) is 10.1. The van der Waals surface area contributed by atoms with E-state index >= 15 is 0 Å². The molecule has 0 spiro atoms. The molecule has 5 atom stereocenters. The van der Waals surface area contributed by atoms with Gasteiger partial charge in [0, 0.05) is 19.3 Å². The third-order valence-corrected chi connectivity index (χ3v) is 15.4. The van der Waals surface area contributed by atoms with Crippen LogP contribution < -0.4 is 0 Å². The van der Waals surface area contributed by atoms with Crippen molar-refractivity contribution >= 4 is 33.6 Å². The molecule has 0 bridgehead atoms. The van der Waals surface area contributed by atoms with E-state index in [0.29, 0.717) is 19.3 Å². The minimum atomic E-state index is -4.93. The van der Waals surface area contributed by atoms with Crippen LogP contribution in [0.5, 0.6) is 0 Å². The van der Waals surface area contributed by atoms with Crippen LogP contribution in [-0.2, 0) is 55.8 Å². The van der Waals surface area contributed by atoms with Gasteiger partial charge in [0.25, 0.3) is 0 Å². The Kier molecular flexibility index (Phi) is 59.7. The summed E-state index contributed by atoms with van der Waals surface area (Å²) in [7, 11) is -9.78. The van der Waals surface area contributed by atoms with Crippen LogP contribution in [0.25, 0.3) is 0 Å². The standard InChI is InChI=1S/C69H118O16P2/c1-4-7-10-13-16-19-22-25-27-29-31-33-35-38-40-43-46-49-52-55-67(72)79-58-64(70)59-81-86(75,76)82-60-65(71)61-83-87(77,78)84-63-66(85-69(74)57-54-51-48-45-42-37-24-21-18-15-12-9-6-3)62-80-68(73)56-53-50-47-44-41-39-36-34-32-30-28-26-23-20-17-14-11-8-5-2/h7-8,10-11,16-17,19-20,25-28,31-34,38,40,64-66,70-71H,4-6,9,12-15,18,21-24,29-30,35-37,39,41-63H2,1-3H3,(H,75,76)(H,77,78)/b10-7-,11-8-,19-16-,20-17-,27-25-,28-26-,33-31-,34-32-,40-38-. The minimum absolute atomic E-state index is 0.101. The fourth-order valence-electron chi connectivity index (χ4n) is 8.47. The number of aliphatic hydroxyl groups excluding tert-OH is 2. The van der Waals surface area contributed by atoms with E-state index in [1.807, 2.05) is 0 Å². The number of carbonyl (C=O) groups is 3. The Balaban J connectivity index is 4.70. The van der Waals surface area contributed by atoms with Crippen LogP contribution in [-0.4, -0.2) is 95.9 Å². The van der Waals surface area contributed by atoms with Gasteiger partial charge < -0.3 is 34.2 Å². The molecule has 0 aromatic heterocycles. The number of phosphoric ester groups is 2. The molecule has 16 nitrogen and oxygen atoms in total. The lowest BCUT2D eigenvalue weighted by Crippen LogP contribution is -2.30. The third kappa shape index (κ3) is 63.6. The van der Waals surface area contributed by atoms with Crippen LogP contribution in [0.2, 0.25) is 0 Å². The predicted octanol–water partition coefficient (Wildman–Crippen LogP) is 18.1. The van der Waals surface area contributed by atoms with Gasteiger partial charge in [-0.25, -0.2) is 9.13 Å². The van der Waals surface area contributed by atoms with Crippen molar-refractivity contribution in [3.63, 3.8) is 0 Å². The molecule has 0 aromatic rings. The van der Waals surface area contributed by atoms with Crippen molar-refractivity contribution in [2.24, 2.45) is 0 Å². The van der Waals surface area contributed by atoms with Crippen molar-refractivity contribution in [2.45, 2.75) is 270 Å². The maximum atomic E-state index is 12.9. The number of allylic oxidation sites excluding steroid dienone is 18. The van der Waals surface area contributed by atoms with Crippen molar-refractivity contribution in [2.75, 3.05) is 39.6 Å². The summed E-state index contributed by atoms with van der Waals surface area (Å²) in [5, 5.41) is 20.5. The molecule has 0 amide bonds. The summed E-state index contributed by atoms with van der Waals surface area (Å²) < 4.78 is 60.8. The molecule has 5 unspecified atom stereocenters. The molecule has 0 aromatic carbocycles. The zero-order valence-electron chi connectivity index (χ0n) is 53.9. The van der Waals surface area contributed by atoms with E-state index in [0.717, 1.165) is 141 Å². The molecule has 0 radical (unpaired) electrons. The van der Waals surface area contributed by atoms with E-state index in [9.17, 15) is 43.5 Å². The first-order valence-corrected chi connectivity index (χ1v) is 36.2. The SMILES string of the molecule is CC/C=C\C/C=C\C/C=C\C/C=C\C/C=C\CCCCCC(=O)OCC(O)COP(=O)(O)OCC(O)COP(=O)(O)OCC(COC(=O)CCCCCCCC/C=C\C/C=C\C/C=C\C/C=C\CC)OC(=O)CCCCCCCCCCCCCCC. The van der Waals surface area contributed by atoms with E-state index in [2.05, 4.69) is 130 Å². The van der Waals surface area contributed by atoms with Gasteiger partial charge in [0.1, 0.15) is 25.4 Å². The minimum Gasteiger partial charge on any atom is -0.463 e. The topological polar surface area (TPSA) is 231 Å². The molecule has 18 heteroatoms. The molecule has 0 saturated carbocycles. The molecule has 0 aliphatic heterocycles. The normalized spacial score (nSPS) is 15.0. The van der Waals surface area contributed by atoms with Crippen molar-refractivity contribution in [3.05, 3.63) is 109 Å². The number of phosphoric acid groups is 2. The number of carbonyl (C=O) groups excluding carboxylic acids is 3. The quantitative estimate of drug-likeness (QED) is 0.0146. The van der Waals surface area contributed by atoms with Gasteiger partial charge in [-0.15, -0.1) is 0 Å².